The standard InChI is InChI=1S/C4H7BrOS/c1-2-3(5)4(6)7/h3H,2H2,1H3,(H,6,7). The quantitative estimate of drug-likeness (QED) is 0.508. The Hall–Kier alpha value is 0.500. The van der Waals surface area contributed by atoms with Gasteiger partial charge in [0.1, 0.15) is 0 Å². The molecule has 1 nitrogen and oxygen atoms in total. The summed E-state index contributed by atoms with van der Waals surface area (Å²) in [4.78, 5) is 10.1. The molecule has 42 valence electrons. The SMILES string of the molecule is CCC(Br)C(=O)S. The third-order valence-corrected chi connectivity index (χ3v) is 2.36. The second kappa shape index (κ2) is 3.50. The van der Waals surface area contributed by atoms with Gasteiger partial charge < -0.3 is 0 Å². The number of hydrogen-bond donors (Lipinski definition) is 1. The molecule has 1 unspecified atom stereocenters. The smallest absolute Gasteiger partial charge is 0.199 e. The first-order chi connectivity index (χ1) is 3.18. The first-order valence-corrected chi connectivity index (χ1v) is 3.41. The van der Waals surface area contributed by atoms with E-state index in [0.717, 1.165) is 6.42 Å². The fraction of sp³-hybridized carbons (Fsp3) is 0.750. The predicted octanol–water partition coefficient (Wildman–Crippen LogP) is 1.62. The molecule has 0 aromatic heterocycles. The molecule has 0 spiro atoms. The van der Waals surface area contributed by atoms with Gasteiger partial charge in [0, 0.05) is 0 Å². The van der Waals surface area contributed by atoms with Gasteiger partial charge in [-0.3, -0.25) is 4.79 Å². The molecule has 0 aromatic rings. The molecule has 0 rings (SSSR count). The number of thiol groups is 1. The van der Waals surface area contributed by atoms with E-state index in [-0.39, 0.29) is 9.94 Å². The molecular formula is C4H7BrOS. The minimum Gasteiger partial charge on any atom is -0.286 e. The van der Waals surface area contributed by atoms with Crippen LogP contribution in [0.15, 0.2) is 0 Å². The minimum absolute atomic E-state index is 0.0594. The highest BCUT2D eigenvalue weighted by atomic mass is 79.9. The summed E-state index contributed by atoms with van der Waals surface area (Å²) < 4.78 is 0. The summed E-state index contributed by atoms with van der Waals surface area (Å²) in [6.07, 6.45) is 0.808. The Kier molecular flexibility index (Phi) is 3.75. The molecule has 0 saturated heterocycles. The molecule has 0 radical (unpaired) electrons. The fourth-order valence-corrected chi connectivity index (χ4v) is 0.357. The van der Waals surface area contributed by atoms with Gasteiger partial charge in [0.15, 0.2) is 5.12 Å². The zero-order chi connectivity index (χ0) is 5.86. The first-order valence-electron chi connectivity index (χ1n) is 2.05. The zero-order valence-electron chi connectivity index (χ0n) is 4.02. The van der Waals surface area contributed by atoms with Gasteiger partial charge in [-0.1, -0.05) is 22.9 Å². The van der Waals surface area contributed by atoms with Crippen molar-refractivity contribution in [3.05, 3.63) is 0 Å². The van der Waals surface area contributed by atoms with Crippen LogP contribution >= 0.6 is 28.6 Å². The number of hydrogen-bond acceptors (Lipinski definition) is 1. The molecule has 3 heteroatoms. The summed E-state index contributed by atoms with van der Waals surface area (Å²) in [5, 5.41) is -0.0949. The van der Waals surface area contributed by atoms with Crippen molar-refractivity contribution < 1.29 is 4.79 Å². The van der Waals surface area contributed by atoms with Crippen molar-refractivity contribution >= 4 is 33.7 Å². The second-order valence-corrected chi connectivity index (χ2v) is 2.76. The van der Waals surface area contributed by atoms with Crippen molar-refractivity contribution in [2.75, 3.05) is 0 Å². The van der Waals surface area contributed by atoms with Crippen LogP contribution in [0.4, 0.5) is 0 Å². The summed E-state index contributed by atoms with van der Waals surface area (Å²) in [6.45, 7) is 1.92. The topological polar surface area (TPSA) is 17.1 Å². The van der Waals surface area contributed by atoms with Gasteiger partial charge in [-0.15, -0.1) is 12.6 Å². The lowest BCUT2D eigenvalue weighted by molar-refractivity contribution is -0.110. The van der Waals surface area contributed by atoms with Crippen molar-refractivity contribution in [1.29, 1.82) is 0 Å². The van der Waals surface area contributed by atoms with Crippen LogP contribution in [0, 0.1) is 0 Å². The van der Waals surface area contributed by atoms with Gasteiger partial charge in [0.25, 0.3) is 0 Å². The van der Waals surface area contributed by atoms with E-state index in [4.69, 9.17) is 0 Å². The van der Waals surface area contributed by atoms with Gasteiger partial charge >= 0.3 is 0 Å². The van der Waals surface area contributed by atoms with Crippen molar-refractivity contribution in [2.24, 2.45) is 0 Å². The van der Waals surface area contributed by atoms with Crippen LogP contribution in [0.5, 0.6) is 0 Å². The van der Waals surface area contributed by atoms with E-state index in [9.17, 15) is 4.79 Å². The van der Waals surface area contributed by atoms with E-state index in [1.807, 2.05) is 6.92 Å². The molecule has 0 aromatic carbocycles. The van der Waals surface area contributed by atoms with Crippen molar-refractivity contribution in [1.82, 2.24) is 0 Å². The molecule has 0 N–H and O–H groups in total. The van der Waals surface area contributed by atoms with Gasteiger partial charge in [-0.05, 0) is 6.42 Å². The lowest BCUT2D eigenvalue weighted by atomic mass is 10.4. The molecule has 0 saturated carbocycles. The van der Waals surface area contributed by atoms with E-state index in [2.05, 4.69) is 28.6 Å². The lowest BCUT2D eigenvalue weighted by Crippen LogP contribution is -2.03. The van der Waals surface area contributed by atoms with Crippen molar-refractivity contribution in [3.63, 3.8) is 0 Å². The maximum atomic E-state index is 10.2. The summed E-state index contributed by atoms with van der Waals surface area (Å²) in [5.74, 6) is 0. The number of alkyl halides is 1. The molecule has 7 heavy (non-hydrogen) atoms. The minimum atomic E-state index is -0.0949. The summed E-state index contributed by atoms with van der Waals surface area (Å²) in [7, 11) is 0. The monoisotopic (exact) mass is 182 g/mol. The Morgan fingerprint density at radius 3 is 2.43 bits per heavy atom. The molecule has 0 heterocycles. The van der Waals surface area contributed by atoms with Crippen LogP contribution in [0.25, 0.3) is 0 Å². The Labute approximate surface area is 57.0 Å². The Morgan fingerprint density at radius 2 is 2.43 bits per heavy atom. The van der Waals surface area contributed by atoms with Crippen molar-refractivity contribution in [2.45, 2.75) is 18.2 Å². The van der Waals surface area contributed by atoms with E-state index in [0.29, 0.717) is 0 Å². The largest absolute Gasteiger partial charge is 0.286 e. The Morgan fingerprint density at radius 1 is 2.00 bits per heavy atom. The van der Waals surface area contributed by atoms with Gasteiger partial charge in [-0.25, -0.2) is 0 Å². The molecule has 0 bridgehead atoms. The van der Waals surface area contributed by atoms with Gasteiger partial charge in [0.2, 0.25) is 0 Å². The van der Waals surface area contributed by atoms with Crippen LogP contribution in [0.2, 0.25) is 0 Å². The summed E-state index contributed by atoms with van der Waals surface area (Å²) >= 11 is 6.70. The van der Waals surface area contributed by atoms with E-state index in [1.54, 1.807) is 0 Å². The van der Waals surface area contributed by atoms with E-state index >= 15 is 0 Å². The molecule has 1 atom stereocenters. The highest BCUT2D eigenvalue weighted by Gasteiger charge is 2.04. The predicted molar refractivity (Wildman–Crippen MR) is 37.0 cm³/mol. The van der Waals surface area contributed by atoms with E-state index in [1.165, 1.54) is 0 Å². The number of halogens is 1. The molecule has 0 fully saturated rings. The molecule has 0 aliphatic carbocycles. The van der Waals surface area contributed by atoms with Crippen LogP contribution < -0.4 is 0 Å². The average molecular weight is 183 g/mol. The van der Waals surface area contributed by atoms with Crippen LogP contribution in [0.1, 0.15) is 13.3 Å². The number of carbonyl (C=O) groups excluding carboxylic acids is 1. The third-order valence-electron chi connectivity index (χ3n) is 0.626. The average Bonchev–Trinajstić information content (AvgIpc) is 1.65. The van der Waals surface area contributed by atoms with Crippen LogP contribution in [-0.2, 0) is 4.79 Å². The maximum Gasteiger partial charge on any atom is 0.199 e. The first kappa shape index (κ1) is 7.50. The molecular weight excluding hydrogens is 176 g/mol. The van der Waals surface area contributed by atoms with Gasteiger partial charge in [0.05, 0.1) is 4.83 Å². The van der Waals surface area contributed by atoms with Crippen molar-refractivity contribution in [3.8, 4) is 0 Å². The second-order valence-electron chi connectivity index (χ2n) is 1.21. The van der Waals surface area contributed by atoms with E-state index < -0.39 is 0 Å². The molecule has 0 amide bonds. The van der Waals surface area contributed by atoms with Crippen LogP contribution in [-0.4, -0.2) is 9.94 Å². The molecule has 0 aliphatic heterocycles. The highest BCUT2D eigenvalue weighted by molar-refractivity contribution is 9.10. The summed E-state index contributed by atoms with van der Waals surface area (Å²) in [6, 6.07) is 0. The van der Waals surface area contributed by atoms with Gasteiger partial charge in [-0.2, -0.15) is 0 Å². The number of carbonyl (C=O) groups is 1. The number of rotatable bonds is 2. The maximum absolute atomic E-state index is 10.2. The Bertz CT molecular complexity index is 74.1. The molecule has 0 aliphatic rings. The van der Waals surface area contributed by atoms with Crippen LogP contribution in [0.3, 0.4) is 0 Å². The third kappa shape index (κ3) is 3.12. The zero-order valence-corrected chi connectivity index (χ0v) is 6.50. The fourth-order valence-electron chi connectivity index (χ4n) is 0.175. The lowest BCUT2D eigenvalue weighted by Gasteiger charge is -1.95. The normalized spacial score (nSPS) is 13.6. The Balaban J connectivity index is 3.34. The highest BCUT2D eigenvalue weighted by Crippen LogP contribution is 2.06. The summed E-state index contributed by atoms with van der Waals surface area (Å²) in [5.41, 5.74) is 0.